The van der Waals surface area contributed by atoms with Crippen LogP contribution in [0, 0.1) is 0 Å². The average Bonchev–Trinajstić information content (AvgIpc) is 3.01. The number of phenolic OH excluding ortho intramolecular Hbond substituents is 1. The molecule has 2 N–H and O–H groups in total. The van der Waals surface area contributed by atoms with Crippen LogP contribution in [-0.2, 0) is 10.0 Å². The van der Waals surface area contributed by atoms with E-state index in [4.69, 9.17) is 25.8 Å². The quantitative estimate of drug-likeness (QED) is 0.172. The van der Waals surface area contributed by atoms with Crippen LogP contribution in [0.15, 0.2) is 75.8 Å². The molecule has 0 spiro atoms. The molecule has 4 aromatic carbocycles. The Kier molecular flexibility index (Phi) is 9.74. The number of anilines is 1. The highest BCUT2D eigenvalue weighted by Gasteiger charge is 2.24. The molecular formula is C30H31ClN4O7S. The number of benzene rings is 4. The molecule has 43 heavy (non-hydrogen) atoms. The van der Waals surface area contributed by atoms with Crippen molar-refractivity contribution >= 4 is 55.4 Å². The van der Waals surface area contributed by atoms with E-state index in [0.29, 0.717) is 35.4 Å². The van der Waals surface area contributed by atoms with E-state index in [0.717, 1.165) is 0 Å². The topological polar surface area (TPSA) is 139 Å². The number of aromatic hydroxyl groups is 1. The Balaban J connectivity index is 1.80. The van der Waals surface area contributed by atoms with Gasteiger partial charge in [0.1, 0.15) is 17.1 Å². The third-order valence-corrected chi connectivity index (χ3v) is 9.07. The molecule has 11 nitrogen and oxygen atoms in total. The summed E-state index contributed by atoms with van der Waals surface area (Å²) in [5.74, 6) is -0.117. The first kappa shape index (κ1) is 31.5. The van der Waals surface area contributed by atoms with Crippen molar-refractivity contribution in [3.8, 4) is 23.0 Å². The van der Waals surface area contributed by atoms with Gasteiger partial charge in [0.15, 0.2) is 17.2 Å². The number of sulfonamides is 1. The minimum Gasteiger partial charge on any atom is -0.505 e. The van der Waals surface area contributed by atoms with Crippen LogP contribution < -0.4 is 19.5 Å². The fourth-order valence-electron chi connectivity index (χ4n) is 4.46. The number of hydrogen-bond donors (Lipinski definition) is 2. The van der Waals surface area contributed by atoms with Crippen molar-refractivity contribution in [1.82, 2.24) is 4.31 Å². The van der Waals surface area contributed by atoms with Gasteiger partial charge in [-0.15, -0.1) is 10.2 Å². The second-order valence-corrected chi connectivity index (χ2v) is 11.5. The van der Waals surface area contributed by atoms with Crippen molar-refractivity contribution in [2.45, 2.75) is 18.7 Å². The van der Waals surface area contributed by atoms with Gasteiger partial charge in [-0.05, 0) is 29.7 Å². The van der Waals surface area contributed by atoms with E-state index in [9.17, 15) is 18.3 Å². The summed E-state index contributed by atoms with van der Waals surface area (Å²) in [6, 6.07) is 15.8. The zero-order valence-electron chi connectivity index (χ0n) is 24.2. The van der Waals surface area contributed by atoms with Gasteiger partial charge in [0.2, 0.25) is 10.0 Å². The Morgan fingerprint density at radius 2 is 1.56 bits per heavy atom. The molecule has 4 aromatic rings. The number of hydrogen-bond acceptors (Lipinski definition) is 9. The third kappa shape index (κ3) is 6.36. The van der Waals surface area contributed by atoms with Crippen LogP contribution in [0.2, 0.25) is 5.02 Å². The van der Waals surface area contributed by atoms with Crippen LogP contribution in [0.4, 0.5) is 17.1 Å². The highest BCUT2D eigenvalue weighted by atomic mass is 35.5. The lowest BCUT2D eigenvalue weighted by Crippen LogP contribution is -2.30. The van der Waals surface area contributed by atoms with Gasteiger partial charge in [-0.2, -0.15) is 4.31 Å². The van der Waals surface area contributed by atoms with E-state index in [-0.39, 0.29) is 38.3 Å². The summed E-state index contributed by atoms with van der Waals surface area (Å²) in [6.45, 7) is 4.10. The minimum absolute atomic E-state index is 0.000662. The van der Waals surface area contributed by atoms with Crippen molar-refractivity contribution < 1.29 is 32.5 Å². The molecule has 0 aliphatic rings. The van der Waals surface area contributed by atoms with Crippen LogP contribution in [0.25, 0.3) is 10.8 Å². The highest BCUT2D eigenvalue weighted by Crippen LogP contribution is 2.42. The van der Waals surface area contributed by atoms with Crippen molar-refractivity contribution in [3.63, 3.8) is 0 Å². The predicted octanol–water partition coefficient (Wildman–Crippen LogP) is 6.92. The molecule has 13 heteroatoms. The summed E-state index contributed by atoms with van der Waals surface area (Å²) in [5, 5.41) is 23.8. The van der Waals surface area contributed by atoms with E-state index in [1.54, 1.807) is 38.1 Å². The van der Waals surface area contributed by atoms with Crippen molar-refractivity contribution in [1.29, 1.82) is 0 Å². The molecule has 0 fully saturated rings. The van der Waals surface area contributed by atoms with Crippen LogP contribution in [-0.4, -0.2) is 58.2 Å². The predicted molar refractivity (Wildman–Crippen MR) is 165 cm³/mol. The van der Waals surface area contributed by atoms with Gasteiger partial charge in [0.05, 0.1) is 42.5 Å². The number of amides is 1. The van der Waals surface area contributed by atoms with E-state index in [1.165, 1.54) is 62.0 Å². The van der Waals surface area contributed by atoms with Gasteiger partial charge >= 0.3 is 0 Å². The molecule has 1 amide bonds. The lowest BCUT2D eigenvalue weighted by Gasteiger charge is -2.18. The SMILES string of the molecule is CCN(CC)S(=O)(=O)c1ccc(OC)c(/N=N/c2c(O)c(C(=O)Nc3cc(OC)c(OC)cc3Cl)cc3ccccc23)c1. The molecule has 0 aliphatic carbocycles. The lowest BCUT2D eigenvalue weighted by atomic mass is 10.0. The lowest BCUT2D eigenvalue weighted by molar-refractivity contribution is 0.102. The largest absolute Gasteiger partial charge is 0.505 e. The maximum atomic E-state index is 13.4. The smallest absolute Gasteiger partial charge is 0.259 e. The number of phenols is 1. The van der Waals surface area contributed by atoms with Gasteiger partial charge in [-0.1, -0.05) is 49.7 Å². The number of nitrogens with one attached hydrogen (secondary N) is 1. The van der Waals surface area contributed by atoms with E-state index >= 15 is 0 Å². The van der Waals surface area contributed by atoms with Crippen LogP contribution >= 0.6 is 11.6 Å². The number of carbonyl (C=O) groups excluding carboxylic acids is 1. The van der Waals surface area contributed by atoms with Gasteiger partial charge in [-0.25, -0.2) is 8.42 Å². The third-order valence-electron chi connectivity index (χ3n) is 6.71. The molecule has 0 unspecified atom stereocenters. The Labute approximate surface area is 254 Å². The van der Waals surface area contributed by atoms with Gasteiger partial charge in [0.25, 0.3) is 5.91 Å². The summed E-state index contributed by atoms with van der Waals surface area (Å²) >= 11 is 6.36. The summed E-state index contributed by atoms with van der Waals surface area (Å²) in [4.78, 5) is 13.4. The molecule has 0 saturated carbocycles. The fraction of sp³-hybridized carbons (Fsp3) is 0.233. The fourth-order valence-corrected chi connectivity index (χ4v) is 6.14. The number of fused-ring (bicyclic) bond motifs is 1. The first-order valence-electron chi connectivity index (χ1n) is 13.2. The molecule has 226 valence electrons. The number of ether oxygens (including phenoxy) is 3. The normalized spacial score (nSPS) is 11.7. The molecule has 0 heterocycles. The Morgan fingerprint density at radius 1 is 0.907 bits per heavy atom. The maximum absolute atomic E-state index is 13.4. The molecule has 0 aromatic heterocycles. The maximum Gasteiger partial charge on any atom is 0.259 e. The summed E-state index contributed by atoms with van der Waals surface area (Å²) in [7, 11) is 0.547. The Hall–Kier alpha value is -4.39. The monoisotopic (exact) mass is 626 g/mol. The van der Waals surface area contributed by atoms with Crippen molar-refractivity contribution in [3.05, 3.63) is 71.2 Å². The first-order valence-corrected chi connectivity index (χ1v) is 15.0. The number of rotatable bonds is 11. The minimum atomic E-state index is -3.79. The number of nitrogens with zero attached hydrogens (tertiary/aromatic N) is 3. The summed E-state index contributed by atoms with van der Waals surface area (Å²) < 4.78 is 43.5. The molecule has 0 radical (unpaired) electrons. The standard InChI is InChI=1S/C30H31ClN4O7S/c1-6-35(7-2)43(38,39)19-12-13-25(40-3)24(15-19)33-34-28-20-11-9-8-10-18(20)14-21(29(28)36)30(37)32-23-17-27(42-5)26(41-4)16-22(23)31/h8-17,36H,6-7H2,1-5H3,(H,32,37)/b34-33+. The Bertz CT molecular complexity index is 1810. The van der Waals surface area contributed by atoms with Crippen molar-refractivity contribution in [2.24, 2.45) is 10.2 Å². The molecule has 4 rings (SSSR count). The van der Waals surface area contributed by atoms with E-state index < -0.39 is 21.7 Å². The van der Waals surface area contributed by atoms with Gasteiger partial charge in [-0.3, -0.25) is 4.79 Å². The van der Waals surface area contributed by atoms with Gasteiger partial charge in [0, 0.05) is 30.6 Å². The second-order valence-electron chi connectivity index (χ2n) is 9.11. The van der Waals surface area contributed by atoms with Crippen LogP contribution in [0.5, 0.6) is 23.0 Å². The highest BCUT2D eigenvalue weighted by molar-refractivity contribution is 7.89. The number of halogens is 1. The Morgan fingerprint density at radius 3 is 2.21 bits per heavy atom. The summed E-state index contributed by atoms with van der Waals surface area (Å²) in [5.41, 5.74) is 0.256. The van der Waals surface area contributed by atoms with Crippen LogP contribution in [0.3, 0.4) is 0 Å². The van der Waals surface area contributed by atoms with Gasteiger partial charge < -0.3 is 24.6 Å². The van der Waals surface area contributed by atoms with E-state index in [2.05, 4.69) is 15.5 Å². The van der Waals surface area contributed by atoms with E-state index in [1.807, 2.05) is 0 Å². The number of carbonyl (C=O) groups is 1. The molecule has 0 saturated heterocycles. The zero-order chi connectivity index (χ0) is 31.3. The molecule has 0 bridgehead atoms. The summed E-state index contributed by atoms with van der Waals surface area (Å²) in [6.07, 6.45) is 0. The zero-order valence-corrected chi connectivity index (χ0v) is 25.8. The van der Waals surface area contributed by atoms with Crippen LogP contribution in [0.1, 0.15) is 24.2 Å². The first-order chi connectivity index (χ1) is 20.6. The van der Waals surface area contributed by atoms with Crippen molar-refractivity contribution in [2.75, 3.05) is 39.7 Å². The second kappa shape index (κ2) is 13.3. The number of azo groups is 1. The average molecular weight is 627 g/mol. The molecular weight excluding hydrogens is 596 g/mol. The number of methoxy groups -OCH3 is 3. The molecule has 0 atom stereocenters. The molecule has 0 aliphatic heterocycles.